The number of nitrogens with zero attached hydrogens (tertiary/aromatic N) is 3. The van der Waals surface area contributed by atoms with Crippen LogP contribution in [-0.4, -0.2) is 33.3 Å². The van der Waals surface area contributed by atoms with Crippen LogP contribution in [0.3, 0.4) is 0 Å². The van der Waals surface area contributed by atoms with Gasteiger partial charge in [-0.05, 0) is 47.1 Å². The highest BCUT2D eigenvalue weighted by atomic mass is 15.3. The van der Waals surface area contributed by atoms with E-state index >= 15 is 0 Å². The lowest BCUT2D eigenvalue weighted by Gasteiger charge is -2.35. The van der Waals surface area contributed by atoms with Crippen LogP contribution in [0.4, 0.5) is 0 Å². The fourth-order valence-corrected chi connectivity index (χ4v) is 3.02. The van der Waals surface area contributed by atoms with E-state index in [1.54, 1.807) is 0 Å². The Balaban J connectivity index is 2.29. The number of aromatic nitrogens is 2. The fourth-order valence-electron chi connectivity index (χ4n) is 3.02. The molecule has 2 heterocycles. The van der Waals surface area contributed by atoms with Crippen LogP contribution in [0.15, 0.2) is 12.4 Å². The van der Waals surface area contributed by atoms with Gasteiger partial charge in [0.1, 0.15) is 0 Å². The molecule has 0 amide bonds. The summed E-state index contributed by atoms with van der Waals surface area (Å²) in [6, 6.07) is 1.46. The van der Waals surface area contributed by atoms with Crippen LogP contribution in [0, 0.1) is 0 Å². The molecule has 1 aromatic rings. The maximum Gasteiger partial charge on any atom is 0.0538 e. The fraction of sp³-hybridized carbons (Fsp3) is 0.800. The van der Waals surface area contributed by atoms with Gasteiger partial charge in [0.15, 0.2) is 0 Å². The van der Waals surface area contributed by atoms with Crippen LogP contribution in [0.2, 0.25) is 0 Å². The minimum absolute atomic E-state index is 0.217. The van der Waals surface area contributed by atoms with E-state index in [1.165, 1.54) is 18.4 Å². The maximum absolute atomic E-state index is 6.45. The van der Waals surface area contributed by atoms with Crippen molar-refractivity contribution in [2.24, 2.45) is 5.73 Å². The lowest BCUT2D eigenvalue weighted by atomic mass is 9.98. The van der Waals surface area contributed by atoms with E-state index in [0.717, 1.165) is 13.0 Å². The number of rotatable bonds is 3. The molecule has 1 saturated heterocycles. The number of hydrogen-bond acceptors (Lipinski definition) is 3. The molecular formula is C15H28N4. The molecule has 2 unspecified atom stereocenters. The topological polar surface area (TPSA) is 47.1 Å². The average molecular weight is 264 g/mol. The summed E-state index contributed by atoms with van der Waals surface area (Å²) >= 11 is 0. The first kappa shape index (κ1) is 14.5. The van der Waals surface area contributed by atoms with Gasteiger partial charge in [0.2, 0.25) is 0 Å². The van der Waals surface area contributed by atoms with Gasteiger partial charge in [-0.1, -0.05) is 6.42 Å². The maximum atomic E-state index is 6.45. The Labute approximate surface area is 117 Å². The molecule has 1 aliphatic heterocycles. The van der Waals surface area contributed by atoms with Crippen LogP contribution < -0.4 is 5.73 Å². The molecule has 0 spiro atoms. The third kappa shape index (κ3) is 3.18. The standard InChI is InChI=1S/C15H28N4/c1-11(2)18-8-6-5-7-14(16)15(18)13-9-17-19(10-13)12(3)4/h9-12,14-15H,5-8,16H2,1-4H3. The molecule has 0 aliphatic carbocycles. The van der Waals surface area contributed by atoms with Crippen LogP contribution in [0.1, 0.15) is 64.6 Å². The Morgan fingerprint density at radius 1 is 1.21 bits per heavy atom. The molecule has 1 aliphatic rings. The molecule has 1 fully saturated rings. The van der Waals surface area contributed by atoms with E-state index < -0.39 is 0 Å². The van der Waals surface area contributed by atoms with E-state index in [9.17, 15) is 0 Å². The van der Waals surface area contributed by atoms with E-state index in [1.807, 2.05) is 10.9 Å². The number of hydrogen-bond donors (Lipinski definition) is 1. The first-order chi connectivity index (χ1) is 9.00. The zero-order chi connectivity index (χ0) is 14.0. The molecule has 4 nitrogen and oxygen atoms in total. The summed E-state index contributed by atoms with van der Waals surface area (Å²) in [5.74, 6) is 0. The van der Waals surface area contributed by atoms with Crippen LogP contribution in [0.5, 0.6) is 0 Å². The van der Waals surface area contributed by atoms with Gasteiger partial charge in [-0.25, -0.2) is 0 Å². The van der Waals surface area contributed by atoms with Crippen LogP contribution in [-0.2, 0) is 0 Å². The van der Waals surface area contributed by atoms with Gasteiger partial charge in [0.25, 0.3) is 0 Å². The average Bonchev–Trinajstić information content (AvgIpc) is 2.74. The number of likely N-dealkylation sites (tertiary alicyclic amines) is 1. The molecule has 0 aromatic carbocycles. The summed E-state index contributed by atoms with van der Waals surface area (Å²) in [5.41, 5.74) is 7.72. The van der Waals surface area contributed by atoms with Crippen molar-refractivity contribution in [3.05, 3.63) is 18.0 Å². The van der Waals surface area contributed by atoms with Gasteiger partial charge >= 0.3 is 0 Å². The number of nitrogens with two attached hydrogens (primary N) is 1. The van der Waals surface area contributed by atoms with Crippen LogP contribution in [0.25, 0.3) is 0 Å². The molecule has 0 bridgehead atoms. The summed E-state index contributed by atoms with van der Waals surface area (Å²) in [4.78, 5) is 2.54. The highest BCUT2D eigenvalue weighted by Crippen LogP contribution is 2.31. The second-order valence-electron chi connectivity index (χ2n) is 6.28. The second-order valence-corrected chi connectivity index (χ2v) is 6.28. The Morgan fingerprint density at radius 3 is 2.53 bits per heavy atom. The highest BCUT2D eigenvalue weighted by molar-refractivity contribution is 5.15. The van der Waals surface area contributed by atoms with E-state index in [2.05, 4.69) is 43.9 Å². The normalized spacial score (nSPS) is 26.1. The van der Waals surface area contributed by atoms with Gasteiger partial charge < -0.3 is 5.73 Å². The second kappa shape index (κ2) is 6.06. The molecule has 19 heavy (non-hydrogen) atoms. The summed E-state index contributed by atoms with van der Waals surface area (Å²) in [7, 11) is 0. The molecule has 1 aromatic heterocycles. The van der Waals surface area contributed by atoms with Gasteiger partial charge in [-0.15, -0.1) is 0 Å². The monoisotopic (exact) mass is 264 g/mol. The van der Waals surface area contributed by atoms with Gasteiger partial charge in [-0.3, -0.25) is 9.58 Å². The first-order valence-corrected chi connectivity index (χ1v) is 7.56. The summed E-state index contributed by atoms with van der Waals surface area (Å²) in [5, 5.41) is 4.48. The smallest absolute Gasteiger partial charge is 0.0538 e. The molecule has 0 radical (unpaired) electrons. The molecule has 2 N–H and O–H groups in total. The first-order valence-electron chi connectivity index (χ1n) is 7.56. The third-order valence-electron chi connectivity index (χ3n) is 4.12. The van der Waals surface area contributed by atoms with Crippen molar-refractivity contribution < 1.29 is 0 Å². The van der Waals surface area contributed by atoms with E-state index in [0.29, 0.717) is 18.1 Å². The van der Waals surface area contributed by atoms with Crippen molar-refractivity contribution in [3.63, 3.8) is 0 Å². The molecule has 4 heteroatoms. The Hall–Kier alpha value is -0.870. The summed E-state index contributed by atoms with van der Waals surface area (Å²) in [6.45, 7) is 9.98. The van der Waals surface area contributed by atoms with Crippen molar-refractivity contribution in [1.82, 2.24) is 14.7 Å². The Bertz CT molecular complexity index is 397. The zero-order valence-electron chi connectivity index (χ0n) is 12.7. The predicted molar refractivity (Wildman–Crippen MR) is 79.0 cm³/mol. The minimum atomic E-state index is 0.217. The van der Waals surface area contributed by atoms with Crippen LogP contribution >= 0.6 is 0 Å². The van der Waals surface area contributed by atoms with Crippen molar-refractivity contribution in [3.8, 4) is 0 Å². The van der Waals surface area contributed by atoms with Gasteiger partial charge in [0.05, 0.1) is 12.2 Å². The molecule has 2 rings (SSSR count). The van der Waals surface area contributed by atoms with Crippen molar-refractivity contribution in [1.29, 1.82) is 0 Å². The minimum Gasteiger partial charge on any atom is -0.326 e. The predicted octanol–water partition coefficient (Wildman–Crippen LogP) is 2.73. The van der Waals surface area contributed by atoms with Crippen molar-refractivity contribution in [2.75, 3.05) is 6.54 Å². The summed E-state index contributed by atoms with van der Waals surface area (Å²) in [6.07, 6.45) is 7.78. The Kier molecular flexibility index (Phi) is 4.63. The van der Waals surface area contributed by atoms with E-state index in [4.69, 9.17) is 5.73 Å². The highest BCUT2D eigenvalue weighted by Gasteiger charge is 2.31. The molecule has 0 saturated carbocycles. The van der Waals surface area contributed by atoms with Crippen molar-refractivity contribution in [2.45, 2.75) is 71.1 Å². The van der Waals surface area contributed by atoms with Gasteiger partial charge in [0, 0.05) is 29.9 Å². The Morgan fingerprint density at radius 2 is 1.95 bits per heavy atom. The molecular weight excluding hydrogens is 236 g/mol. The molecule has 108 valence electrons. The largest absolute Gasteiger partial charge is 0.326 e. The lowest BCUT2D eigenvalue weighted by Crippen LogP contribution is -2.43. The van der Waals surface area contributed by atoms with E-state index in [-0.39, 0.29) is 6.04 Å². The lowest BCUT2D eigenvalue weighted by molar-refractivity contribution is 0.144. The van der Waals surface area contributed by atoms with Gasteiger partial charge in [-0.2, -0.15) is 5.10 Å². The summed E-state index contributed by atoms with van der Waals surface area (Å²) < 4.78 is 2.03. The quantitative estimate of drug-likeness (QED) is 0.913. The zero-order valence-corrected chi connectivity index (χ0v) is 12.7. The van der Waals surface area contributed by atoms with Crippen molar-refractivity contribution >= 4 is 0 Å². The SMILES string of the molecule is CC(C)N1CCCCC(N)C1c1cnn(C(C)C)c1. The molecule has 2 atom stereocenters. The third-order valence-corrected chi connectivity index (χ3v) is 4.12.